The number of hydrogen-bond donors (Lipinski definition) is 1. The maximum absolute atomic E-state index is 11.1. The van der Waals surface area contributed by atoms with E-state index in [1.165, 1.54) is 27.8 Å². The van der Waals surface area contributed by atoms with Gasteiger partial charge in [-0.1, -0.05) is 95.2 Å². The molecule has 0 amide bonds. The van der Waals surface area contributed by atoms with Gasteiger partial charge in [-0.25, -0.2) is 0 Å². The third kappa shape index (κ3) is 4.93. The number of hydrogen-bond acceptors (Lipinski definition) is 1. The SMILES string of the molecule is Cc1c(C(C)(C)C)cc(-c2cc(C(C)(C)C)c(O)c(C(C)(C)C)c2)cc1C(C)(C)C. The van der Waals surface area contributed by atoms with Crippen LogP contribution in [0.15, 0.2) is 24.3 Å². The van der Waals surface area contributed by atoms with Crippen LogP contribution in [0.2, 0.25) is 0 Å². The smallest absolute Gasteiger partial charge is 0.123 e. The Morgan fingerprint density at radius 1 is 0.467 bits per heavy atom. The second-order valence-corrected chi connectivity index (χ2v) is 13.1. The van der Waals surface area contributed by atoms with Gasteiger partial charge in [0.25, 0.3) is 0 Å². The van der Waals surface area contributed by atoms with Crippen LogP contribution in [0.4, 0.5) is 0 Å². The molecule has 166 valence electrons. The van der Waals surface area contributed by atoms with Crippen molar-refractivity contribution in [3.8, 4) is 16.9 Å². The third-order valence-corrected chi connectivity index (χ3v) is 6.08. The van der Waals surface area contributed by atoms with Crippen LogP contribution in [0.25, 0.3) is 11.1 Å². The van der Waals surface area contributed by atoms with E-state index in [4.69, 9.17) is 0 Å². The van der Waals surface area contributed by atoms with Crippen LogP contribution in [0, 0.1) is 6.92 Å². The molecule has 0 bridgehead atoms. The van der Waals surface area contributed by atoms with Gasteiger partial charge in [-0.15, -0.1) is 0 Å². The number of phenols is 1. The van der Waals surface area contributed by atoms with Gasteiger partial charge in [0.1, 0.15) is 5.75 Å². The molecule has 0 spiro atoms. The largest absolute Gasteiger partial charge is 0.507 e. The summed E-state index contributed by atoms with van der Waals surface area (Å²) in [5.74, 6) is 0.443. The summed E-state index contributed by atoms with van der Waals surface area (Å²) >= 11 is 0. The van der Waals surface area contributed by atoms with Crippen LogP contribution >= 0.6 is 0 Å². The standard InChI is InChI=1S/C29H44O/c1-18-21(26(2,3)4)14-19(15-22(18)27(5,6)7)20-16-23(28(8,9)10)25(30)24(17-20)29(11,12)13/h14-17,30H,1-13H3. The molecule has 0 saturated carbocycles. The van der Waals surface area contributed by atoms with Gasteiger partial charge < -0.3 is 5.11 Å². The molecular formula is C29H44O. The monoisotopic (exact) mass is 408 g/mol. The Kier molecular flexibility index (Phi) is 6.07. The highest BCUT2D eigenvalue weighted by molar-refractivity contribution is 5.72. The molecule has 30 heavy (non-hydrogen) atoms. The zero-order valence-corrected chi connectivity index (χ0v) is 21.8. The van der Waals surface area contributed by atoms with E-state index in [9.17, 15) is 5.11 Å². The Morgan fingerprint density at radius 3 is 0.933 bits per heavy atom. The fourth-order valence-electron chi connectivity index (χ4n) is 4.38. The molecule has 1 N–H and O–H groups in total. The molecule has 2 rings (SSSR count). The van der Waals surface area contributed by atoms with Crippen molar-refractivity contribution in [3.05, 3.63) is 52.1 Å². The van der Waals surface area contributed by atoms with E-state index in [1.807, 2.05) is 0 Å². The van der Waals surface area contributed by atoms with E-state index in [-0.39, 0.29) is 21.7 Å². The zero-order valence-electron chi connectivity index (χ0n) is 21.8. The minimum Gasteiger partial charge on any atom is -0.507 e. The lowest BCUT2D eigenvalue weighted by atomic mass is 9.74. The normalized spacial score (nSPS) is 13.6. The highest BCUT2D eigenvalue weighted by Crippen LogP contribution is 2.44. The molecule has 0 aromatic heterocycles. The van der Waals surface area contributed by atoms with Crippen molar-refractivity contribution < 1.29 is 5.11 Å². The van der Waals surface area contributed by atoms with Crippen molar-refractivity contribution in [1.82, 2.24) is 0 Å². The molecule has 1 nitrogen and oxygen atoms in total. The van der Waals surface area contributed by atoms with E-state index in [1.54, 1.807) is 0 Å². The van der Waals surface area contributed by atoms with Crippen molar-refractivity contribution in [1.29, 1.82) is 0 Å². The molecule has 0 aliphatic carbocycles. The molecule has 0 saturated heterocycles. The van der Waals surface area contributed by atoms with Crippen LogP contribution in [0.1, 0.15) is 111 Å². The van der Waals surface area contributed by atoms with Gasteiger partial charge in [0.2, 0.25) is 0 Å². The molecule has 0 radical (unpaired) electrons. The molecule has 0 unspecified atom stereocenters. The first kappa shape index (κ1) is 24.5. The van der Waals surface area contributed by atoms with Gasteiger partial charge in [0, 0.05) is 11.1 Å². The summed E-state index contributed by atoms with van der Waals surface area (Å²) in [7, 11) is 0. The number of rotatable bonds is 1. The van der Waals surface area contributed by atoms with E-state index < -0.39 is 0 Å². The van der Waals surface area contributed by atoms with Crippen LogP contribution in [-0.2, 0) is 21.7 Å². The maximum Gasteiger partial charge on any atom is 0.123 e. The van der Waals surface area contributed by atoms with Crippen molar-refractivity contribution in [2.45, 2.75) is 112 Å². The van der Waals surface area contributed by atoms with Crippen molar-refractivity contribution in [3.63, 3.8) is 0 Å². The fraction of sp³-hybridized carbons (Fsp3) is 0.586. The summed E-state index contributed by atoms with van der Waals surface area (Å²) in [6.45, 7) is 29.1. The molecule has 0 heterocycles. The van der Waals surface area contributed by atoms with Gasteiger partial charge >= 0.3 is 0 Å². The molecular weight excluding hydrogens is 364 g/mol. The highest BCUT2D eigenvalue weighted by atomic mass is 16.3. The van der Waals surface area contributed by atoms with Gasteiger partial charge in [0.15, 0.2) is 0 Å². The van der Waals surface area contributed by atoms with Crippen LogP contribution in [0.5, 0.6) is 5.75 Å². The Hall–Kier alpha value is -1.76. The fourth-order valence-corrected chi connectivity index (χ4v) is 4.38. The minimum absolute atomic E-state index is 0.0662. The first-order valence-corrected chi connectivity index (χ1v) is 11.3. The predicted molar refractivity (Wildman–Crippen MR) is 133 cm³/mol. The summed E-state index contributed by atoms with van der Waals surface area (Å²) in [6, 6.07) is 9.15. The first-order chi connectivity index (χ1) is 13.2. The van der Waals surface area contributed by atoms with Crippen molar-refractivity contribution in [2.24, 2.45) is 0 Å². The summed E-state index contributed by atoms with van der Waals surface area (Å²) < 4.78 is 0. The molecule has 0 fully saturated rings. The lowest BCUT2D eigenvalue weighted by molar-refractivity contribution is 0.423. The second kappa shape index (κ2) is 7.43. The van der Waals surface area contributed by atoms with Crippen LogP contribution in [-0.4, -0.2) is 5.11 Å². The topological polar surface area (TPSA) is 20.2 Å². The maximum atomic E-state index is 11.1. The molecule has 0 aliphatic heterocycles. The lowest BCUT2D eigenvalue weighted by Gasteiger charge is -2.31. The molecule has 2 aromatic carbocycles. The van der Waals surface area contributed by atoms with Gasteiger partial charge in [-0.3, -0.25) is 0 Å². The average molecular weight is 409 g/mol. The minimum atomic E-state index is -0.134. The highest BCUT2D eigenvalue weighted by Gasteiger charge is 2.29. The van der Waals surface area contributed by atoms with Gasteiger partial charge in [-0.2, -0.15) is 0 Å². The van der Waals surface area contributed by atoms with E-state index in [2.05, 4.69) is 114 Å². The third-order valence-electron chi connectivity index (χ3n) is 6.08. The van der Waals surface area contributed by atoms with Gasteiger partial charge in [0.05, 0.1) is 0 Å². The Morgan fingerprint density at radius 2 is 0.700 bits per heavy atom. The van der Waals surface area contributed by atoms with E-state index in [0.717, 1.165) is 11.1 Å². The van der Waals surface area contributed by atoms with Crippen LogP contribution in [0.3, 0.4) is 0 Å². The Labute approximate surface area is 185 Å². The summed E-state index contributed by atoms with van der Waals surface area (Å²) in [6.07, 6.45) is 0. The summed E-state index contributed by atoms with van der Waals surface area (Å²) in [4.78, 5) is 0. The van der Waals surface area contributed by atoms with Crippen molar-refractivity contribution >= 4 is 0 Å². The average Bonchev–Trinajstić information content (AvgIpc) is 2.50. The summed E-state index contributed by atoms with van der Waals surface area (Å²) in [5, 5.41) is 11.1. The van der Waals surface area contributed by atoms with E-state index >= 15 is 0 Å². The van der Waals surface area contributed by atoms with Crippen molar-refractivity contribution in [2.75, 3.05) is 0 Å². The quantitative estimate of drug-likeness (QED) is 0.501. The number of aromatic hydroxyl groups is 1. The molecule has 2 aromatic rings. The first-order valence-electron chi connectivity index (χ1n) is 11.3. The molecule has 1 heteroatoms. The molecule has 0 aliphatic rings. The molecule has 0 atom stereocenters. The summed E-state index contributed by atoms with van der Waals surface area (Å²) in [5.41, 5.74) is 8.51. The van der Waals surface area contributed by atoms with E-state index in [0.29, 0.717) is 5.75 Å². The van der Waals surface area contributed by atoms with Crippen LogP contribution < -0.4 is 0 Å². The number of phenolic OH excluding ortho intramolecular Hbond substituents is 1. The second-order valence-electron chi connectivity index (χ2n) is 13.1. The predicted octanol–water partition coefficient (Wildman–Crippen LogP) is 8.56. The lowest BCUT2D eigenvalue weighted by Crippen LogP contribution is -2.20. The zero-order chi connectivity index (χ0) is 23.4. The van der Waals surface area contributed by atoms with Gasteiger partial charge in [-0.05, 0) is 68.5 Å². The Balaban J connectivity index is 2.97. The Bertz CT molecular complexity index is 783. The number of benzene rings is 2.